The van der Waals surface area contributed by atoms with Crippen LogP contribution in [0.4, 0.5) is 5.82 Å². The molecule has 3 heterocycles. The van der Waals surface area contributed by atoms with E-state index in [9.17, 15) is 4.79 Å². The standard InChI is InChI=1S/C24H29N5O/c1-5-27(3)17-18-28(4)24-22(26-23-10-6-7-16-29(23)24)14-12-20(30)11-13-21-19(2)9-8-15-25-21/h6-16H,5,17-18H2,1-4H3/b13-11+,14-12+. The van der Waals surface area contributed by atoms with Gasteiger partial charge in [-0.05, 0) is 68.6 Å². The first-order valence-electron chi connectivity index (χ1n) is 10.2. The van der Waals surface area contributed by atoms with Crippen molar-refractivity contribution in [2.45, 2.75) is 13.8 Å². The van der Waals surface area contributed by atoms with E-state index in [0.717, 1.165) is 48.1 Å². The van der Waals surface area contributed by atoms with Crippen molar-refractivity contribution in [3.63, 3.8) is 0 Å². The number of imidazole rings is 1. The lowest BCUT2D eigenvalue weighted by Crippen LogP contribution is -2.31. The van der Waals surface area contributed by atoms with Crippen molar-refractivity contribution in [3.05, 3.63) is 71.8 Å². The fourth-order valence-electron chi connectivity index (χ4n) is 3.13. The van der Waals surface area contributed by atoms with Crippen LogP contribution in [0.5, 0.6) is 0 Å². The molecular weight excluding hydrogens is 374 g/mol. The Hall–Kier alpha value is -3.25. The lowest BCUT2D eigenvalue weighted by molar-refractivity contribution is -0.110. The van der Waals surface area contributed by atoms with E-state index in [0.29, 0.717) is 0 Å². The molecule has 156 valence electrons. The van der Waals surface area contributed by atoms with Gasteiger partial charge in [0, 0.05) is 32.5 Å². The number of fused-ring (bicyclic) bond motifs is 1. The molecule has 30 heavy (non-hydrogen) atoms. The summed E-state index contributed by atoms with van der Waals surface area (Å²) >= 11 is 0. The van der Waals surface area contributed by atoms with Crippen molar-refractivity contribution in [1.29, 1.82) is 0 Å². The van der Waals surface area contributed by atoms with Crippen molar-refractivity contribution in [2.24, 2.45) is 0 Å². The number of allylic oxidation sites excluding steroid dienone is 2. The van der Waals surface area contributed by atoms with Gasteiger partial charge in [-0.15, -0.1) is 0 Å². The van der Waals surface area contributed by atoms with Crippen LogP contribution in [-0.4, -0.2) is 58.8 Å². The highest BCUT2D eigenvalue weighted by Crippen LogP contribution is 2.23. The van der Waals surface area contributed by atoms with Gasteiger partial charge in [0.25, 0.3) is 0 Å². The van der Waals surface area contributed by atoms with Crippen LogP contribution in [0.15, 0.2) is 54.9 Å². The molecule has 6 nitrogen and oxygen atoms in total. The summed E-state index contributed by atoms with van der Waals surface area (Å²) in [5.41, 5.74) is 3.47. The summed E-state index contributed by atoms with van der Waals surface area (Å²) in [6, 6.07) is 9.78. The normalized spacial score (nSPS) is 11.9. The van der Waals surface area contributed by atoms with Crippen molar-refractivity contribution in [3.8, 4) is 0 Å². The second-order valence-electron chi connectivity index (χ2n) is 7.34. The van der Waals surface area contributed by atoms with Crippen molar-refractivity contribution in [2.75, 3.05) is 38.6 Å². The number of aromatic nitrogens is 3. The number of likely N-dealkylation sites (N-methyl/N-ethyl adjacent to an activating group) is 2. The summed E-state index contributed by atoms with van der Waals surface area (Å²) in [6.07, 6.45) is 10.4. The minimum atomic E-state index is -0.101. The maximum atomic E-state index is 12.4. The molecule has 0 bridgehead atoms. The number of hydrogen-bond acceptors (Lipinski definition) is 5. The predicted molar refractivity (Wildman–Crippen MR) is 124 cm³/mol. The number of anilines is 1. The first-order valence-corrected chi connectivity index (χ1v) is 10.2. The minimum absolute atomic E-state index is 0.101. The molecule has 3 aromatic heterocycles. The lowest BCUT2D eigenvalue weighted by Gasteiger charge is -2.23. The van der Waals surface area contributed by atoms with Crippen LogP contribution in [0.2, 0.25) is 0 Å². The Morgan fingerprint density at radius 3 is 2.57 bits per heavy atom. The second kappa shape index (κ2) is 9.98. The largest absolute Gasteiger partial charge is 0.358 e. The second-order valence-corrected chi connectivity index (χ2v) is 7.34. The Morgan fingerprint density at radius 1 is 1.07 bits per heavy atom. The highest BCUT2D eigenvalue weighted by molar-refractivity contribution is 6.04. The lowest BCUT2D eigenvalue weighted by atomic mass is 10.2. The third-order valence-corrected chi connectivity index (χ3v) is 5.11. The highest BCUT2D eigenvalue weighted by Gasteiger charge is 2.14. The molecule has 0 saturated carbocycles. The summed E-state index contributed by atoms with van der Waals surface area (Å²) in [5, 5.41) is 0. The van der Waals surface area contributed by atoms with Gasteiger partial charge in [-0.3, -0.25) is 14.2 Å². The topological polar surface area (TPSA) is 53.7 Å². The van der Waals surface area contributed by atoms with Crippen LogP contribution in [0, 0.1) is 6.92 Å². The maximum Gasteiger partial charge on any atom is 0.178 e. The van der Waals surface area contributed by atoms with E-state index in [1.165, 1.54) is 0 Å². The SMILES string of the molecule is CCN(C)CCN(C)c1c(/C=C/C(=O)/C=C/c2ncccc2C)nc2ccccn12. The quantitative estimate of drug-likeness (QED) is 0.510. The van der Waals surface area contributed by atoms with Gasteiger partial charge >= 0.3 is 0 Å². The molecule has 0 radical (unpaired) electrons. The van der Waals surface area contributed by atoms with E-state index in [1.54, 1.807) is 30.5 Å². The summed E-state index contributed by atoms with van der Waals surface area (Å²) in [6.45, 7) is 6.93. The van der Waals surface area contributed by atoms with Crippen LogP contribution in [-0.2, 0) is 4.79 Å². The molecule has 0 N–H and O–H groups in total. The molecular formula is C24H29N5O. The summed E-state index contributed by atoms with van der Waals surface area (Å²) in [7, 11) is 4.17. The molecule has 0 aliphatic carbocycles. The van der Waals surface area contributed by atoms with E-state index in [1.807, 2.05) is 43.5 Å². The molecule has 0 amide bonds. The average molecular weight is 404 g/mol. The van der Waals surface area contributed by atoms with E-state index in [-0.39, 0.29) is 5.78 Å². The van der Waals surface area contributed by atoms with Crippen molar-refractivity contribution < 1.29 is 4.79 Å². The van der Waals surface area contributed by atoms with Gasteiger partial charge in [0.05, 0.1) is 5.69 Å². The van der Waals surface area contributed by atoms with E-state index < -0.39 is 0 Å². The highest BCUT2D eigenvalue weighted by atomic mass is 16.1. The monoisotopic (exact) mass is 403 g/mol. The number of rotatable bonds is 9. The number of ketones is 1. The zero-order valence-corrected chi connectivity index (χ0v) is 18.1. The molecule has 0 aliphatic heterocycles. The number of carbonyl (C=O) groups excluding carboxylic acids is 1. The van der Waals surface area contributed by atoms with E-state index in [2.05, 4.69) is 40.2 Å². The predicted octanol–water partition coefficient (Wildman–Crippen LogP) is 3.72. The van der Waals surface area contributed by atoms with Gasteiger partial charge in [0.2, 0.25) is 0 Å². The molecule has 0 saturated heterocycles. The Morgan fingerprint density at radius 2 is 1.83 bits per heavy atom. The van der Waals surface area contributed by atoms with Gasteiger partial charge in [-0.2, -0.15) is 0 Å². The third-order valence-electron chi connectivity index (χ3n) is 5.11. The van der Waals surface area contributed by atoms with Crippen LogP contribution in [0.3, 0.4) is 0 Å². The zero-order valence-electron chi connectivity index (χ0n) is 18.1. The van der Waals surface area contributed by atoms with Crippen LogP contribution < -0.4 is 4.90 Å². The van der Waals surface area contributed by atoms with Gasteiger partial charge in [0.1, 0.15) is 17.2 Å². The third kappa shape index (κ3) is 5.21. The smallest absolute Gasteiger partial charge is 0.178 e. The number of hydrogen-bond donors (Lipinski definition) is 0. The Bertz CT molecular complexity index is 1070. The van der Waals surface area contributed by atoms with E-state index >= 15 is 0 Å². The number of aryl methyl sites for hydroxylation is 1. The van der Waals surface area contributed by atoms with Crippen LogP contribution in [0.25, 0.3) is 17.8 Å². The molecule has 3 aromatic rings. The van der Waals surface area contributed by atoms with E-state index in [4.69, 9.17) is 4.98 Å². The van der Waals surface area contributed by atoms with Gasteiger partial charge < -0.3 is 9.80 Å². The molecule has 0 spiro atoms. The Balaban J connectivity index is 1.82. The molecule has 0 fully saturated rings. The average Bonchev–Trinajstić information content (AvgIpc) is 3.13. The summed E-state index contributed by atoms with van der Waals surface area (Å²) < 4.78 is 2.06. The van der Waals surface area contributed by atoms with Crippen molar-refractivity contribution >= 4 is 29.4 Å². The first kappa shape index (κ1) is 21.5. The minimum Gasteiger partial charge on any atom is -0.358 e. The first-order chi connectivity index (χ1) is 14.5. The Labute approximate surface area is 178 Å². The Kier molecular flexibility index (Phi) is 7.14. The van der Waals surface area contributed by atoms with Gasteiger partial charge in [-0.1, -0.05) is 19.1 Å². The van der Waals surface area contributed by atoms with Gasteiger partial charge in [-0.25, -0.2) is 4.98 Å². The van der Waals surface area contributed by atoms with Gasteiger partial charge in [0.15, 0.2) is 5.78 Å². The number of carbonyl (C=O) groups is 1. The zero-order chi connectivity index (χ0) is 21.5. The molecule has 0 aromatic carbocycles. The number of nitrogens with zero attached hydrogens (tertiary/aromatic N) is 5. The van der Waals surface area contributed by atoms with Crippen LogP contribution >= 0.6 is 0 Å². The molecule has 6 heteroatoms. The summed E-state index contributed by atoms with van der Waals surface area (Å²) in [4.78, 5) is 25.9. The summed E-state index contributed by atoms with van der Waals surface area (Å²) in [5.74, 6) is 0.875. The fourth-order valence-corrected chi connectivity index (χ4v) is 3.13. The van der Waals surface area contributed by atoms with Crippen LogP contribution in [0.1, 0.15) is 23.9 Å². The molecule has 0 unspecified atom stereocenters. The molecule has 0 atom stereocenters. The fraction of sp³-hybridized carbons (Fsp3) is 0.292. The number of pyridine rings is 2. The molecule has 0 aliphatic rings. The maximum absolute atomic E-state index is 12.4. The van der Waals surface area contributed by atoms with Crippen molar-refractivity contribution in [1.82, 2.24) is 19.3 Å². The molecule has 3 rings (SSSR count).